The van der Waals surface area contributed by atoms with Gasteiger partial charge in [-0.1, -0.05) is 45.7 Å². The van der Waals surface area contributed by atoms with Crippen LogP contribution in [0, 0.1) is 6.92 Å². The molecule has 158 valence electrons. The molecule has 0 aliphatic heterocycles. The summed E-state index contributed by atoms with van der Waals surface area (Å²) in [7, 11) is 0. The minimum Gasteiger partial charge on any atom is -0.493 e. The van der Waals surface area contributed by atoms with Gasteiger partial charge in [0.2, 0.25) is 5.88 Å². The summed E-state index contributed by atoms with van der Waals surface area (Å²) >= 11 is 13.9. The zero-order valence-corrected chi connectivity index (χ0v) is 22.5. The largest absolute Gasteiger partial charge is 0.493 e. The molecular weight excluding hydrogens is 650 g/mol. The van der Waals surface area contributed by atoms with Crippen LogP contribution in [0.5, 0.6) is 11.6 Å². The highest BCUT2D eigenvalue weighted by atomic mass is 79.9. The number of carbonyl (C=O) groups is 1. The van der Waals surface area contributed by atoms with E-state index in [0.29, 0.717) is 16.7 Å². The number of nitrogens with zero attached hydrogens (tertiary/aromatic N) is 2. The lowest BCUT2D eigenvalue weighted by Crippen LogP contribution is -2.11. The van der Waals surface area contributed by atoms with Crippen molar-refractivity contribution >= 4 is 86.2 Å². The molecule has 0 saturated carbocycles. The van der Waals surface area contributed by atoms with Crippen LogP contribution in [0.15, 0.2) is 46.3 Å². The summed E-state index contributed by atoms with van der Waals surface area (Å²) in [6, 6.07) is 5.62. The molecule has 0 spiro atoms. The molecule has 3 aromatic rings. The third-order valence-electron chi connectivity index (χ3n) is 4.35. The highest BCUT2D eigenvalue weighted by molar-refractivity contribution is 9.11. The summed E-state index contributed by atoms with van der Waals surface area (Å²) in [6.45, 7) is 5.76. The minimum atomic E-state index is -0.572. The fourth-order valence-corrected chi connectivity index (χ4v) is 5.73. The second-order valence-corrected chi connectivity index (χ2v) is 10.3. The Balaban J connectivity index is 1.84. The van der Waals surface area contributed by atoms with E-state index >= 15 is 0 Å². The number of H-pyrrole nitrogens is 1. The Hall–Kier alpha value is -1.23. The topological polar surface area (TPSA) is 87.0 Å². The van der Waals surface area contributed by atoms with E-state index < -0.39 is 5.91 Å². The van der Waals surface area contributed by atoms with Crippen molar-refractivity contribution < 1.29 is 14.6 Å². The maximum atomic E-state index is 12.3. The van der Waals surface area contributed by atoms with Gasteiger partial charge in [0.1, 0.15) is 5.75 Å². The van der Waals surface area contributed by atoms with Crippen LogP contribution in [0.3, 0.4) is 0 Å². The molecule has 6 nitrogen and oxygen atoms in total. The van der Waals surface area contributed by atoms with E-state index in [0.717, 1.165) is 29.0 Å². The average Bonchev–Trinajstić information content (AvgIpc) is 2.97. The zero-order chi connectivity index (χ0) is 22.2. The van der Waals surface area contributed by atoms with Crippen LogP contribution in [-0.2, 0) is 4.79 Å². The standard InChI is InChI=1S/C20H17Br4N3O3/c1-8(2)15-12(22)4-9(3)16(24)19(15)30-7-14(28)26-27-18-11-5-10(21)6-13(23)17(11)25-20(18)29/h4-6,8,25,29H,7H2,1-3H3. The number of halogens is 4. The first-order valence-electron chi connectivity index (χ1n) is 8.85. The third-order valence-corrected chi connectivity index (χ3v) is 7.07. The van der Waals surface area contributed by atoms with E-state index in [1.807, 2.05) is 32.9 Å². The lowest BCUT2D eigenvalue weighted by molar-refractivity contribution is -0.120. The van der Waals surface area contributed by atoms with Gasteiger partial charge in [0.15, 0.2) is 12.3 Å². The van der Waals surface area contributed by atoms with E-state index in [9.17, 15) is 9.90 Å². The predicted octanol–water partition coefficient (Wildman–Crippen LogP) is 8.04. The Bertz CT molecular complexity index is 1170. The van der Waals surface area contributed by atoms with Crippen molar-refractivity contribution in [2.24, 2.45) is 10.2 Å². The molecule has 0 fully saturated rings. The number of nitrogens with one attached hydrogen (secondary N) is 1. The van der Waals surface area contributed by atoms with Gasteiger partial charge in [-0.25, -0.2) is 0 Å². The van der Waals surface area contributed by atoms with Crippen LogP contribution in [0.25, 0.3) is 10.9 Å². The fraction of sp³-hybridized carbons (Fsp3) is 0.250. The number of ether oxygens (including phenoxy) is 1. The van der Waals surface area contributed by atoms with Crippen molar-refractivity contribution in [1.82, 2.24) is 4.98 Å². The van der Waals surface area contributed by atoms with Crippen LogP contribution in [-0.4, -0.2) is 22.6 Å². The van der Waals surface area contributed by atoms with Crippen molar-refractivity contribution in [3.05, 3.63) is 47.2 Å². The van der Waals surface area contributed by atoms with Gasteiger partial charge in [-0.05, 0) is 68.5 Å². The van der Waals surface area contributed by atoms with Gasteiger partial charge >= 0.3 is 5.91 Å². The summed E-state index contributed by atoms with van der Waals surface area (Å²) in [6.07, 6.45) is 0. The SMILES string of the molecule is Cc1cc(Br)c(C(C)C)c(OCC(=O)N=Nc2c(O)[nH]c3c(Br)cc(Br)cc23)c1Br. The number of aryl methyl sites for hydroxylation is 1. The number of aromatic nitrogens is 1. The van der Waals surface area contributed by atoms with Crippen molar-refractivity contribution in [3.63, 3.8) is 0 Å². The van der Waals surface area contributed by atoms with Crippen molar-refractivity contribution in [1.29, 1.82) is 0 Å². The van der Waals surface area contributed by atoms with E-state index in [1.165, 1.54) is 0 Å². The molecule has 2 aromatic carbocycles. The molecule has 2 N–H and O–H groups in total. The number of fused-ring (bicyclic) bond motifs is 1. The first kappa shape index (κ1) is 23.4. The van der Waals surface area contributed by atoms with Gasteiger partial charge in [-0.15, -0.1) is 10.2 Å². The quantitative estimate of drug-likeness (QED) is 0.270. The van der Waals surface area contributed by atoms with Crippen LogP contribution in [0.2, 0.25) is 0 Å². The van der Waals surface area contributed by atoms with Gasteiger partial charge in [0.25, 0.3) is 0 Å². The number of benzene rings is 2. The second-order valence-electron chi connectivity index (χ2n) is 6.90. The highest BCUT2D eigenvalue weighted by Gasteiger charge is 2.19. The van der Waals surface area contributed by atoms with Crippen molar-refractivity contribution in [3.8, 4) is 11.6 Å². The molecule has 10 heteroatoms. The van der Waals surface area contributed by atoms with Gasteiger partial charge in [-0.2, -0.15) is 0 Å². The Morgan fingerprint density at radius 1 is 1.17 bits per heavy atom. The van der Waals surface area contributed by atoms with E-state index in [1.54, 1.807) is 6.07 Å². The van der Waals surface area contributed by atoms with Gasteiger partial charge < -0.3 is 14.8 Å². The monoisotopic (exact) mass is 663 g/mol. The van der Waals surface area contributed by atoms with Crippen molar-refractivity contribution in [2.45, 2.75) is 26.7 Å². The molecule has 0 aliphatic carbocycles. The number of hydrogen-bond acceptors (Lipinski definition) is 4. The number of aromatic hydroxyl groups is 1. The summed E-state index contributed by atoms with van der Waals surface area (Å²) in [4.78, 5) is 15.2. The molecule has 3 rings (SSSR count). The lowest BCUT2D eigenvalue weighted by Gasteiger charge is -2.18. The summed E-state index contributed by atoms with van der Waals surface area (Å²) in [5.41, 5.74) is 2.78. The Labute approximate surface area is 207 Å². The molecular formula is C20H17Br4N3O3. The van der Waals surface area contributed by atoms with E-state index in [4.69, 9.17) is 4.74 Å². The molecule has 1 heterocycles. The normalized spacial score (nSPS) is 11.7. The second kappa shape index (κ2) is 9.50. The van der Waals surface area contributed by atoms with Crippen LogP contribution < -0.4 is 4.74 Å². The summed E-state index contributed by atoms with van der Waals surface area (Å²) in [5, 5.41) is 18.5. The Morgan fingerprint density at radius 3 is 2.53 bits per heavy atom. The van der Waals surface area contributed by atoms with E-state index in [2.05, 4.69) is 78.9 Å². The van der Waals surface area contributed by atoms with Crippen molar-refractivity contribution in [2.75, 3.05) is 6.61 Å². The van der Waals surface area contributed by atoms with E-state index in [-0.39, 0.29) is 24.1 Å². The van der Waals surface area contributed by atoms with Crippen LogP contribution in [0.4, 0.5) is 5.69 Å². The Kier molecular flexibility index (Phi) is 7.42. The fourth-order valence-electron chi connectivity index (χ4n) is 2.98. The predicted molar refractivity (Wildman–Crippen MR) is 131 cm³/mol. The highest BCUT2D eigenvalue weighted by Crippen LogP contribution is 2.42. The van der Waals surface area contributed by atoms with Gasteiger partial charge in [0, 0.05) is 24.4 Å². The molecule has 0 unspecified atom stereocenters. The average molecular weight is 667 g/mol. The molecule has 1 aromatic heterocycles. The Morgan fingerprint density at radius 2 is 1.87 bits per heavy atom. The number of rotatable bonds is 5. The van der Waals surface area contributed by atoms with Crippen LogP contribution >= 0.6 is 63.7 Å². The van der Waals surface area contributed by atoms with Gasteiger partial charge in [-0.3, -0.25) is 4.79 Å². The number of aromatic amines is 1. The number of carbonyl (C=O) groups excluding carboxylic acids is 1. The molecule has 0 radical (unpaired) electrons. The smallest absolute Gasteiger partial charge is 0.302 e. The third kappa shape index (κ3) is 4.81. The molecule has 0 saturated heterocycles. The van der Waals surface area contributed by atoms with Gasteiger partial charge in [0.05, 0.1) is 9.99 Å². The molecule has 0 atom stereocenters. The first-order chi connectivity index (χ1) is 14.1. The molecule has 30 heavy (non-hydrogen) atoms. The number of hydrogen-bond donors (Lipinski definition) is 2. The molecule has 1 amide bonds. The number of amides is 1. The number of azo groups is 1. The minimum absolute atomic E-state index is 0.172. The maximum Gasteiger partial charge on any atom is 0.302 e. The molecule has 0 bridgehead atoms. The maximum absolute atomic E-state index is 12.3. The lowest BCUT2D eigenvalue weighted by atomic mass is 10.0. The zero-order valence-electron chi connectivity index (χ0n) is 16.2. The summed E-state index contributed by atoms with van der Waals surface area (Å²) in [5.74, 6) is 0.0389. The first-order valence-corrected chi connectivity index (χ1v) is 12.0. The van der Waals surface area contributed by atoms with Crippen LogP contribution in [0.1, 0.15) is 30.9 Å². The summed E-state index contributed by atoms with van der Waals surface area (Å²) < 4.78 is 9.07. The molecule has 0 aliphatic rings.